The molecule has 0 fully saturated rings. The van der Waals surface area contributed by atoms with Crippen LogP contribution in [0, 0.1) is 0 Å². The Kier molecular flexibility index (Phi) is 8.74. The van der Waals surface area contributed by atoms with Gasteiger partial charge in [0.2, 0.25) is 0 Å². The van der Waals surface area contributed by atoms with E-state index in [1.54, 1.807) is 0 Å². The zero-order valence-electron chi connectivity index (χ0n) is 11.1. The number of aliphatic carboxylic acids is 1. The fourth-order valence-electron chi connectivity index (χ4n) is 0.958. The molecule has 0 saturated heterocycles. The Morgan fingerprint density at radius 1 is 0.850 bits per heavy atom. The van der Waals surface area contributed by atoms with Gasteiger partial charge in [0.1, 0.15) is 0 Å². The maximum absolute atomic E-state index is 10.9. The molecule has 0 aliphatic carbocycles. The Labute approximate surface area is 133 Å². The molecule has 20 heavy (non-hydrogen) atoms. The molecule has 0 rings (SSSR count). The van der Waals surface area contributed by atoms with Crippen molar-refractivity contribution in [3.8, 4) is 0 Å². The number of aliphatic hydroxyl groups is 1. The van der Waals surface area contributed by atoms with Gasteiger partial charge >= 0.3 is 59.8 Å². The number of carboxylic acids is 1. The van der Waals surface area contributed by atoms with Gasteiger partial charge in [-0.05, 0) is 0 Å². The zero-order chi connectivity index (χ0) is 15.2. The van der Waals surface area contributed by atoms with Crippen LogP contribution in [0.1, 0.15) is 14.3 Å². The molecule has 0 saturated carbocycles. The minimum atomic E-state index is -3.04. The van der Waals surface area contributed by atoms with Gasteiger partial charge in [-0.2, -0.15) is 0 Å². The van der Waals surface area contributed by atoms with Gasteiger partial charge in [-0.1, -0.05) is 0 Å². The van der Waals surface area contributed by atoms with Crippen LogP contribution in [0.3, 0.4) is 0 Å². The molecule has 0 radical (unpaired) electrons. The molecule has 0 amide bonds. The van der Waals surface area contributed by atoms with Gasteiger partial charge in [-0.25, -0.2) is 14.4 Å². The van der Waals surface area contributed by atoms with Crippen molar-refractivity contribution in [3.63, 3.8) is 0 Å². The standard InChI is InChI=1S/C8H8O11.Na.H/c9-3(18-6(13)14)1-8(17,5(11)12)2-4(10)19-7(15)16;;/h17H,1-2H2,(H,11,12)(H,13,14)(H,15,16);;/q;+1;-1. The molecule has 0 aliphatic heterocycles. The number of rotatable bonds is 5. The predicted molar refractivity (Wildman–Crippen MR) is 51.2 cm³/mol. The van der Waals surface area contributed by atoms with Gasteiger partial charge in [0.25, 0.3) is 0 Å². The molecule has 0 heterocycles. The van der Waals surface area contributed by atoms with Crippen LogP contribution in [0.5, 0.6) is 0 Å². The van der Waals surface area contributed by atoms with E-state index in [2.05, 4.69) is 9.47 Å². The minimum absolute atomic E-state index is 0. The molecule has 0 aromatic carbocycles. The number of hydrogen-bond acceptors (Lipinski definition) is 8. The Morgan fingerprint density at radius 2 is 1.15 bits per heavy atom. The number of carbonyl (C=O) groups is 5. The van der Waals surface area contributed by atoms with Crippen LogP contribution in [0.4, 0.5) is 9.59 Å². The molecule has 0 aromatic heterocycles. The van der Waals surface area contributed by atoms with Crippen molar-refractivity contribution < 1.29 is 84.9 Å². The van der Waals surface area contributed by atoms with Crippen molar-refractivity contribution in [2.75, 3.05) is 0 Å². The van der Waals surface area contributed by atoms with Gasteiger partial charge in [0, 0.05) is 0 Å². The minimum Gasteiger partial charge on any atom is -1.00 e. The topological polar surface area (TPSA) is 185 Å². The van der Waals surface area contributed by atoms with E-state index >= 15 is 0 Å². The Bertz CT molecular complexity index is 404. The van der Waals surface area contributed by atoms with Crippen LogP contribution in [-0.4, -0.2) is 56.2 Å². The molecule has 0 aliphatic rings. The smallest absolute Gasteiger partial charge is 1.00 e. The summed E-state index contributed by atoms with van der Waals surface area (Å²) in [6, 6.07) is 0. The first-order valence-electron chi connectivity index (χ1n) is 4.40. The quantitative estimate of drug-likeness (QED) is 0.221. The second kappa shape index (κ2) is 8.47. The van der Waals surface area contributed by atoms with E-state index < -0.39 is 48.7 Å². The Balaban J connectivity index is -0.00000162. The molecule has 4 N–H and O–H groups in total. The molecule has 108 valence electrons. The van der Waals surface area contributed by atoms with Crippen LogP contribution >= 0.6 is 0 Å². The average molecular weight is 304 g/mol. The van der Waals surface area contributed by atoms with Crippen molar-refractivity contribution in [2.24, 2.45) is 0 Å². The monoisotopic (exact) mass is 304 g/mol. The van der Waals surface area contributed by atoms with Gasteiger partial charge in [0.05, 0.1) is 12.8 Å². The van der Waals surface area contributed by atoms with Gasteiger partial charge in [0.15, 0.2) is 5.60 Å². The summed E-state index contributed by atoms with van der Waals surface area (Å²) in [7, 11) is 0. The van der Waals surface area contributed by atoms with Crippen molar-refractivity contribution in [2.45, 2.75) is 18.4 Å². The number of ether oxygens (including phenoxy) is 2. The zero-order valence-corrected chi connectivity index (χ0v) is 12.1. The van der Waals surface area contributed by atoms with Gasteiger partial charge in [-0.15, -0.1) is 0 Å². The van der Waals surface area contributed by atoms with Crippen LogP contribution in [0.2, 0.25) is 0 Å². The maximum atomic E-state index is 10.9. The first-order chi connectivity index (χ1) is 8.56. The summed E-state index contributed by atoms with van der Waals surface area (Å²) >= 11 is 0. The van der Waals surface area contributed by atoms with E-state index in [0.29, 0.717) is 0 Å². The van der Waals surface area contributed by atoms with Crippen LogP contribution in [0.25, 0.3) is 0 Å². The number of carboxylic acid groups (broad SMARTS) is 3. The summed E-state index contributed by atoms with van der Waals surface area (Å²) in [5.41, 5.74) is -3.04. The average Bonchev–Trinajstić information content (AvgIpc) is 2.12. The van der Waals surface area contributed by atoms with E-state index in [-0.39, 0.29) is 31.0 Å². The molecule has 12 heteroatoms. The summed E-state index contributed by atoms with van der Waals surface area (Å²) in [5, 5.41) is 34.3. The van der Waals surface area contributed by atoms with E-state index in [9.17, 15) is 29.1 Å². The summed E-state index contributed by atoms with van der Waals surface area (Å²) < 4.78 is 7.09. The van der Waals surface area contributed by atoms with Crippen molar-refractivity contribution >= 4 is 30.2 Å². The Morgan fingerprint density at radius 3 is 1.35 bits per heavy atom. The predicted octanol–water partition coefficient (Wildman–Crippen LogP) is -3.86. The molecule has 0 aromatic rings. The molecule has 0 unspecified atom stereocenters. The van der Waals surface area contributed by atoms with Crippen molar-refractivity contribution in [3.05, 3.63) is 0 Å². The SMILES string of the molecule is O=C(O)OC(=O)CC(O)(CC(=O)OC(=O)O)C(=O)O.[H-].[Na+]. The number of hydrogen-bond donors (Lipinski definition) is 4. The number of esters is 2. The second-order valence-electron chi connectivity index (χ2n) is 3.17. The molecular weight excluding hydrogens is 295 g/mol. The third-order valence-corrected chi connectivity index (χ3v) is 1.67. The van der Waals surface area contributed by atoms with Crippen molar-refractivity contribution in [1.82, 2.24) is 0 Å². The van der Waals surface area contributed by atoms with Crippen molar-refractivity contribution in [1.29, 1.82) is 0 Å². The first-order valence-corrected chi connectivity index (χ1v) is 4.40. The maximum Gasteiger partial charge on any atom is 1.00 e. The van der Waals surface area contributed by atoms with E-state index in [4.69, 9.17) is 15.3 Å². The fraction of sp³-hybridized carbons (Fsp3) is 0.375. The van der Waals surface area contributed by atoms with Crippen LogP contribution in [0.15, 0.2) is 0 Å². The van der Waals surface area contributed by atoms with E-state index in [0.717, 1.165) is 0 Å². The van der Waals surface area contributed by atoms with Gasteiger partial charge in [-0.3, -0.25) is 9.59 Å². The normalized spacial score (nSPS) is 9.85. The van der Waals surface area contributed by atoms with Crippen LogP contribution in [-0.2, 0) is 23.9 Å². The summed E-state index contributed by atoms with van der Waals surface area (Å²) in [4.78, 5) is 52.5. The molecular formula is C8H9NaO11. The summed E-state index contributed by atoms with van der Waals surface area (Å²) in [6.07, 6.45) is -6.84. The number of carbonyl (C=O) groups excluding carboxylic acids is 2. The fourth-order valence-corrected chi connectivity index (χ4v) is 0.958. The molecule has 0 atom stereocenters. The molecule has 11 nitrogen and oxygen atoms in total. The first kappa shape index (κ1) is 20.6. The summed E-state index contributed by atoms with van der Waals surface area (Å²) in [6.45, 7) is 0. The second-order valence-corrected chi connectivity index (χ2v) is 3.17. The van der Waals surface area contributed by atoms with E-state index in [1.807, 2.05) is 0 Å². The largest absolute Gasteiger partial charge is 1.00 e. The van der Waals surface area contributed by atoms with Crippen LogP contribution < -0.4 is 29.6 Å². The van der Waals surface area contributed by atoms with E-state index in [1.165, 1.54) is 0 Å². The Hall–Kier alpha value is -1.69. The summed E-state index contributed by atoms with van der Waals surface area (Å²) in [5.74, 6) is -5.33. The van der Waals surface area contributed by atoms with Gasteiger partial charge < -0.3 is 31.3 Å². The third kappa shape index (κ3) is 7.68. The molecule has 0 spiro atoms. The third-order valence-electron chi connectivity index (χ3n) is 1.67. The molecule has 0 bridgehead atoms.